The molecular weight excluding hydrogens is 631 g/mol. The monoisotopic (exact) mass is 653 g/mol. The Balaban J connectivity index is 1.86. The lowest BCUT2D eigenvalue weighted by molar-refractivity contribution is -0.348. The van der Waals surface area contributed by atoms with Crippen LogP contribution in [-0.2, 0) is 31.5 Å². The third kappa shape index (κ3) is 5.25. The highest BCUT2D eigenvalue weighted by Crippen LogP contribution is 2.60. The minimum Gasteiger partial charge on any atom is -0.382 e. The standard InChI is InChI=1S/C26H22F11NO4S/c27-15-3-5-16(6-4-15)43(41,42)22-10-9-17(21(40)38-12-20(39)24(29,30)31)19(22)7-1-13-11-14(2-8-18(13)22)23(28,25(32,33)34)26(35,36)37/h2-6,8,11,17,19-20,39H,1,7,9-10,12H2,(H,38,40)/t17-,19+,20-,22-/m1/s1. The first-order valence-corrected chi connectivity index (χ1v) is 14.1. The Morgan fingerprint density at radius 3 is 2.05 bits per heavy atom. The van der Waals surface area contributed by atoms with Gasteiger partial charge in [0.05, 0.1) is 11.4 Å². The highest BCUT2D eigenvalue weighted by atomic mass is 32.2. The quantitative estimate of drug-likeness (QED) is 0.305. The van der Waals surface area contributed by atoms with E-state index in [0.717, 1.165) is 24.3 Å². The number of hydrogen-bond acceptors (Lipinski definition) is 4. The number of halogens is 11. The van der Waals surface area contributed by atoms with Gasteiger partial charge in [-0.15, -0.1) is 0 Å². The van der Waals surface area contributed by atoms with E-state index in [0.29, 0.717) is 6.07 Å². The van der Waals surface area contributed by atoms with Crippen LogP contribution in [0.3, 0.4) is 0 Å². The first kappa shape index (κ1) is 33.0. The molecule has 5 nitrogen and oxygen atoms in total. The molecule has 0 heterocycles. The summed E-state index contributed by atoms with van der Waals surface area (Å²) in [5, 5.41) is 11.2. The number of sulfone groups is 1. The molecule has 2 aromatic rings. The lowest BCUT2D eigenvalue weighted by Crippen LogP contribution is -2.51. The number of aryl methyl sites for hydroxylation is 1. The fourth-order valence-electron chi connectivity index (χ4n) is 6.14. The first-order valence-electron chi connectivity index (χ1n) is 12.6. The van der Waals surface area contributed by atoms with Crippen LogP contribution in [0, 0.1) is 17.7 Å². The van der Waals surface area contributed by atoms with Crippen molar-refractivity contribution < 1.29 is 66.6 Å². The van der Waals surface area contributed by atoms with Crippen molar-refractivity contribution in [2.75, 3.05) is 6.54 Å². The van der Waals surface area contributed by atoms with Crippen molar-refractivity contribution in [3.63, 3.8) is 0 Å². The number of fused-ring (bicyclic) bond motifs is 3. The summed E-state index contributed by atoms with van der Waals surface area (Å²) < 4.78 is 173. The maximum Gasteiger partial charge on any atom is 0.435 e. The number of carbonyl (C=O) groups is 1. The van der Waals surface area contributed by atoms with Crippen LogP contribution in [0.4, 0.5) is 48.3 Å². The second-order valence-electron chi connectivity index (χ2n) is 10.5. The summed E-state index contributed by atoms with van der Waals surface area (Å²) in [4.78, 5) is 12.5. The second-order valence-corrected chi connectivity index (χ2v) is 12.7. The van der Waals surface area contributed by atoms with Crippen LogP contribution in [-0.4, -0.2) is 50.6 Å². The van der Waals surface area contributed by atoms with Crippen molar-refractivity contribution in [3.8, 4) is 0 Å². The molecule has 0 aromatic heterocycles. The van der Waals surface area contributed by atoms with Crippen LogP contribution in [0.1, 0.15) is 36.0 Å². The van der Waals surface area contributed by atoms with Crippen molar-refractivity contribution in [2.24, 2.45) is 11.8 Å². The zero-order chi connectivity index (χ0) is 32.4. The highest BCUT2D eigenvalue weighted by Gasteiger charge is 2.74. The van der Waals surface area contributed by atoms with Gasteiger partial charge >= 0.3 is 24.2 Å². The van der Waals surface area contributed by atoms with Gasteiger partial charge in [0.15, 0.2) is 15.9 Å². The van der Waals surface area contributed by atoms with E-state index >= 15 is 0 Å². The summed E-state index contributed by atoms with van der Waals surface area (Å²) in [5.74, 6) is -4.48. The summed E-state index contributed by atoms with van der Waals surface area (Å²) >= 11 is 0. The third-order valence-electron chi connectivity index (χ3n) is 8.16. The summed E-state index contributed by atoms with van der Waals surface area (Å²) in [7, 11) is -4.73. The molecule has 43 heavy (non-hydrogen) atoms. The first-order chi connectivity index (χ1) is 19.6. The van der Waals surface area contributed by atoms with Gasteiger partial charge in [0.1, 0.15) is 10.6 Å². The molecule has 4 rings (SSSR count). The number of aliphatic hydroxyl groups is 1. The molecule has 4 atom stereocenters. The lowest BCUT2D eigenvalue weighted by Gasteiger charge is -2.42. The molecule has 2 aromatic carbocycles. The number of hydrogen-bond donors (Lipinski definition) is 2. The Kier molecular flexibility index (Phi) is 8.12. The second kappa shape index (κ2) is 10.6. The Morgan fingerprint density at radius 2 is 1.51 bits per heavy atom. The molecular formula is C26H22F11NO4S. The van der Waals surface area contributed by atoms with Gasteiger partial charge in [-0.1, -0.05) is 18.2 Å². The van der Waals surface area contributed by atoms with Crippen molar-refractivity contribution in [2.45, 2.75) is 65.6 Å². The van der Waals surface area contributed by atoms with Crippen molar-refractivity contribution in [1.82, 2.24) is 5.32 Å². The van der Waals surface area contributed by atoms with Gasteiger partial charge in [0, 0.05) is 11.5 Å². The summed E-state index contributed by atoms with van der Waals surface area (Å²) in [6, 6.07) is 4.37. The molecule has 2 aliphatic carbocycles. The van der Waals surface area contributed by atoms with Crippen LogP contribution in [0.2, 0.25) is 0 Å². The van der Waals surface area contributed by atoms with E-state index in [4.69, 9.17) is 0 Å². The van der Waals surface area contributed by atoms with E-state index in [1.165, 1.54) is 0 Å². The van der Waals surface area contributed by atoms with Gasteiger partial charge in [-0.3, -0.25) is 4.79 Å². The molecule has 2 aliphatic rings. The number of rotatable bonds is 6. The molecule has 0 unspecified atom stereocenters. The average Bonchev–Trinajstić information content (AvgIpc) is 3.31. The van der Waals surface area contributed by atoms with Crippen LogP contribution < -0.4 is 5.32 Å². The molecule has 1 saturated carbocycles. The molecule has 238 valence electrons. The van der Waals surface area contributed by atoms with Gasteiger partial charge in [-0.05, 0) is 67.0 Å². The maximum atomic E-state index is 14.9. The number of aliphatic hydroxyl groups excluding tert-OH is 1. The fraction of sp³-hybridized carbons (Fsp3) is 0.500. The minimum atomic E-state index is -6.44. The number of nitrogens with one attached hydrogen (secondary N) is 1. The Morgan fingerprint density at radius 1 is 0.930 bits per heavy atom. The predicted octanol–water partition coefficient (Wildman–Crippen LogP) is 5.80. The van der Waals surface area contributed by atoms with E-state index in [9.17, 15) is 66.6 Å². The summed E-state index contributed by atoms with van der Waals surface area (Å²) in [6.45, 7) is -1.27. The molecule has 1 amide bonds. The average molecular weight is 654 g/mol. The van der Waals surface area contributed by atoms with Crippen molar-refractivity contribution in [1.29, 1.82) is 0 Å². The van der Waals surface area contributed by atoms with Crippen molar-refractivity contribution in [3.05, 3.63) is 65.0 Å². The van der Waals surface area contributed by atoms with Gasteiger partial charge in [0.2, 0.25) is 5.91 Å². The normalized spacial score (nSPS) is 23.8. The number of amides is 1. The van der Waals surface area contributed by atoms with Gasteiger partial charge in [-0.2, -0.15) is 39.5 Å². The zero-order valence-corrected chi connectivity index (χ0v) is 22.4. The Hall–Kier alpha value is -2.95. The smallest absolute Gasteiger partial charge is 0.382 e. The molecule has 0 aliphatic heterocycles. The molecule has 17 heteroatoms. The molecule has 1 fully saturated rings. The van der Waals surface area contributed by atoms with Crippen LogP contribution in [0.5, 0.6) is 0 Å². The van der Waals surface area contributed by atoms with E-state index in [1.807, 2.05) is 5.32 Å². The van der Waals surface area contributed by atoms with Crippen LogP contribution in [0.15, 0.2) is 47.4 Å². The number of carbonyl (C=O) groups excluding carboxylic acids is 1. The van der Waals surface area contributed by atoms with Gasteiger partial charge < -0.3 is 10.4 Å². The zero-order valence-electron chi connectivity index (χ0n) is 21.5. The molecule has 0 spiro atoms. The SMILES string of the molecule is O=C(NC[C@@H](O)C(F)(F)F)[C@@H]1CC[C@@]2(S(=O)(=O)c3ccc(F)cc3)c3ccc(C(F)(C(F)(F)F)C(F)(F)F)cc3CC[C@@H]12. The van der Waals surface area contributed by atoms with Crippen LogP contribution in [0.25, 0.3) is 0 Å². The Bertz CT molecular complexity index is 1470. The molecule has 0 saturated heterocycles. The maximum absolute atomic E-state index is 14.9. The largest absolute Gasteiger partial charge is 0.435 e. The molecule has 0 radical (unpaired) electrons. The van der Waals surface area contributed by atoms with Gasteiger partial charge in [-0.25, -0.2) is 17.2 Å². The van der Waals surface area contributed by atoms with E-state index in [1.54, 1.807) is 0 Å². The minimum absolute atomic E-state index is 0.164. The van der Waals surface area contributed by atoms with E-state index in [-0.39, 0.29) is 36.1 Å². The topological polar surface area (TPSA) is 83.5 Å². The highest BCUT2D eigenvalue weighted by molar-refractivity contribution is 7.92. The summed E-state index contributed by atoms with van der Waals surface area (Å²) in [6.07, 6.45) is -22.4. The van der Waals surface area contributed by atoms with Gasteiger partial charge in [0.25, 0.3) is 0 Å². The van der Waals surface area contributed by atoms with E-state index in [2.05, 4.69) is 0 Å². The lowest BCUT2D eigenvalue weighted by atomic mass is 9.72. The van der Waals surface area contributed by atoms with Crippen molar-refractivity contribution >= 4 is 15.7 Å². The summed E-state index contributed by atoms with van der Waals surface area (Å²) in [5.41, 5.74) is -8.32. The number of alkyl halides is 10. The Labute approximate surface area is 237 Å². The van der Waals surface area contributed by atoms with E-state index < -0.39 is 98.3 Å². The third-order valence-corrected chi connectivity index (χ3v) is 10.7. The fourth-order valence-corrected chi connectivity index (χ4v) is 8.61. The predicted molar refractivity (Wildman–Crippen MR) is 126 cm³/mol. The van der Waals surface area contributed by atoms with Crippen LogP contribution >= 0.6 is 0 Å². The molecule has 2 N–H and O–H groups in total. The number of benzene rings is 2. The molecule has 0 bridgehead atoms.